The average Bonchev–Trinajstić information content (AvgIpc) is 3.03. The lowest BCUT2D eigenvalue weighted by Gasteiger charge is -2.13. The summed E-state index contributed by atoms with van der Waals surface area (Å²) in [5.41, 5.74) is 0.191. The van der Waals surface area contributed by atoms with Gasteiger partial charge < -0.3 is 10.4 Å². The fraction of sp³-hybridized carbons (Fsp3) is 0.727. The van der Waals surface area contributed by atoms with Gasteiger partial charge in [0.1, 0.15) is 6.04 Å². The predicted molar refractivity (Wildman–Crippen MR) is 64.5 cm³/mol. The number of carboxylic acid groups (broad SMARTS) is 1. The maximum absolute atomic E-state index is 10.7. The van der Waals surface area contributed by atoms with Crippen LogP contribution in [0.25, 0.3) is 0 Å². The van der Waals surface area contributed by atoms with Gasteiger partial charge in [0.25, 0.3) is 0 Å². The number of aliphatic carboxylic acids is 1. The SMILES string of the molecule is N#CCC1(CSCCC(NC=O)C(=O)O)CC1. The monoisotopic (exact) mass is 256 g/mol. The van der Waals surface area contributed by atoms with E-state index in [1.807, 2.05) is 0 Å². The van der Waals surface area contributed by atoms with Crippen molar-refractivity contribution in [3.05, 3.63) is 0 Å². The smallest absolute Gasteiger partial charge is 0.326 e. The molecule has 17 heavy (non-hydrogen) atoms. The number of amides is 1. The molecule has 1 unspecified atom stereocenters. The number of hydrogen-bond donors (Lipinski definition) is 2. The number of carbonyl (C=O) groups excluding carboxylic acids is 1. The van der Waals surface area contributed by atoms with Crippen LogP contribution in [-0.2, 0) is 9.59 Å². The Balaban J connectivity index is 2.16. The lowest BCUT2D eigenvalue weighted by atomic mass is 10.1. The molecule has 1 aliphatic carbocycles. The van der Waals surface area contributed by atoms with Gasteiger partial charge in [-0.1, -0.05) is 0 Å². The molecule has 0 heterocycles. The zero-order valence-electron chi connectivity index (χ0n) is 9.52. The maximum Gasteiger partial charge on any atom is 0.326 e. The molecule has 94 valence electrons. The van der Waals surface area contributed by atoms with E-state index >= 15 is 0 Å². The summed E-state index contributed by atoms with van der Waals surface area (Å²) in [5, 5.41) is 19.7. The van der Waals surface area contributed by atoms with E-state index in [-0.39, 0.29) is 5.41 Å². The van der Waals surface area contributed by atoms with Crippen molar-refractivity contribution in [2.45, 2.75) is 31.7 Å². The van der Waals surface area contributed by atoms with Crippen LogP contribution in [0.3, 0.4) is 0 Å². The summed E-state index contributed by atoms with van der Waals surface area (Å²) in [4.78, 5) is 20.9. The van der Waals surface area contributed by atoms with Crippen molar-refractivity contribution in [3.8, 4) is 6.07 Å². The molecule has 1 amide bonds. The first-order valence-corrected chi connectivity index (χ1v) is 6.66. The van der Waals surface area contributed by atoms with Gasteiger partial charge in [0.15, 0.2) is 0 Å². The highest BCUT2D eigenvalue weighted by atomic mass is 32.2. The van der Waals surface area contributed by atoms with Crippen LogP contribution in [0.1, 0.15) is 25.7 Å². The van der Waals surface area contributed by atoms with E-state index in [1.165, 1.54) is 0 Å². The van der Waals surface area contributed by atoms with E-state index in [0.29, 0.717) is 25.0 Å². The van der Waals surface area contributed by atoms with E-state index in [0.717, 1.165) is 18.6 Å². The predicted octanol–water partition coefficient (Wildman–Crippen LogP) is 1.00. The third-order valence-corrected chi connectivity index (χ3v) is 4.28. The van der Waals surface area contributed by atoms with Crippen molar-refractivity contribution >= 4 is 24.1 Å². The van der Waals surface area contributed by atoms with Crippen molar-refractivity contribution in [1.82, 2.24) is 5.32 Å². The first-order chi connectivity index (χ1) is 8.13. The van der Waals surface area contributed by atoms with Crippen molar-refractivity contribution in [3.63, 3.8) is 0 Å². The number of rotatable bonds is 9. The molecular formula is C11H16N2O3S. The fourth-order valence-electron chi connectivity index (χ4n) is 1.57. The third kappa shape index (κ3) is 4.65. The van der Waals surface area contributed by atoms with E-state index in [2.05, 4.69) is 11.4 Å². The Labute approximate surface area is 105 Å². The normalized spacial score (nSPS) is 17.8. The molecule has 1 rings (SSSR count). The van der Waals surface area contributed by atoms with Crippen LogP contribution in [0.5, 0.6) is 0 Å². The lowest BCUT2D eigenvalue weighted by Crippen LogP contribution is -2.36. The van der Waals surface area contributed by atoms with Crippen LogP contribution in [0, 0.1) is 16.7 Å². The molecule has 0 aromatic heterocycles. The van der Waals surface area contributed by atoms with Gasteiger partial charge in [-0.2, -0.15) is 17.0 Å². The molecule has 0 spiro atoms. The summed E-state index contributed by atoms with van der Waals surface area (Å²) in [6, 6.07) is 1.39. The third-order valence-electron chi connectivity index (χ3n) is 2.94. The van der Waals surface area contributed by atoms with Crippen LogP contribution in [0.2, 0.25) is 0 Å². The van der Waals surface area contributed by atoms with Gasteiger partial charge >= 0.3 is 5.97 Å². The van der Waals surface area contributed by atoms with Crippen LogP contribution >= 0.6 is 11.8 Å². The Morgan fingerprint density at radius 2 is 2.35 bits per heavy atom. The van der Waals surface area contributed by atoms with Gasteiger partial charge in [-0.3, -0.25) is 4.79 Å². The van der Waals surface area contributed by atoms with Crippen LogP contribution < -0.4 is 5.32 Å². The minimum atomic E-state index is -1.00. The van der Waals surface area contributed by atoms with Gasteiger partial charge in [0.05, 0.1) is 6.07 Å². The maximum atomic E-state index is 10.7. The molecule has 1 atom stereocenters. The molecule has 0 aliphatic heterocycles. The molecule has 6 heteroatoms. The number of thioether (sulfide) groups is 1. The Morgan fingerprint density at radius 1 is 1.65 bits per heavy atom. The van der Waals surface area contributed by atoms with E-state index in [1.54, 1.807) is 11.8 Å². The number of carboxylic acids is 1. The second-order valence-electron chi connectivity index (χ2n) is 4.35. The quantitative estimate of drug-likeness (QED) is 0.474. The van der Waals surface area contributed by atoms with E-state index in [4.69, 9.17) is 10.4 Å². The molecule has 2 N–H and O–H groups in total. The summed E-state index contributed by atoms with van der Waals surface area (Å²) in [5.74, 6) is 0.592. The molecule has 0 aromatic carbocycles. The first-order valence-electron chi connectivity index (χ1n) is 5.51. The number of nitrogens with one attached hydrogen (secondary N) is 1. The summed E-state index contributed by atoms with van der Waals surface area (Å²) in [6.07, 6.45) is 3.63. The van der Waals surface area contributed by atoms with Gasteiger partial charge in [-0.05, 0) is 36.2 Å². The molecule has 0 radical (unpaired) electrons. The molecule has 0 aromatic rings. The molecule has 1 aliphatic rings. The standard InChI is InChI=1S/C11H16N2O3S/c12-5-4-11(2-3-11)7-17-6-1-9(10(15)16)13-8-14/h8-9H,1-4,6-7H2,(H,13,14)(H,15,16). The Kier molecular flexibility index (Phi) is 5.29. The zero-order valence-corrected chi connectivity index (χ0v) is 10.3. The minimum Gasteiger partial charge on any atom is -0.480 e. The number of carbonyl (C=O) groups is 2. The topological polar surface area (TPSA) is 90.2 Å². The van der Waals surface area contributed by atoms with Gasteiger partial charge in [0.2, 0.25) is 6.41 Å². The van der Waals surface area contributed by atoms with Crippen LogP contribution in [0.15, 0.2) is 0 Å². The summed E-state index contributed by atoms with van der Waals surface area (Å²) < 4.78 is 0. The van der Waals surface area contributed by atoms with Crippen molar-refractivity contribution in [2.24, 2.45) is 5.41 Å². The Bertz CT molecular complexity index is 323. The van der Waals surface area contributed by atoms with Crippen molar-refractivity contribution in [2.75, 3.05) is 11.5 Å². The van der Waals surface area contributed by atoms with Gasteiger partial charge in [-0.25, -0.2) is 4.79 Å². The van der Waals surface area contributed by atoms with E-state index < -0.39 is 12.0 Å². The first kappa shape index (κ1) is 13.8. The van der Waals surface area contributed by atoms with E-state index in [9.17, 15) is 9.59 Å². The second-order valence-corrected chi connectivity index (χ2v) is 5.46. The Hall–Kier alpha value is -1.22. The molecule has 5 nitrogen and oxygen atoms in total. The average molecular weight is 256 g/mol. The number of nitrogens with zero attached hydrogens (tertiary/aromatic N) is 1. The molecular weight excluding hydrogens is 240 g/mol. The molecule has 0 saturated heterocycles. The second kappa shape index (κ2) is 6.50. The van der Waals surface area contributed by atoms with Crippen molar-refractivity contribution in [1.29, 1.82) is 5.26 Å². The summed E-state index contributed by atoms with van der Waals surface area (Å²) in [6.45, 7) is 0. The van der Waals surface area contributed by atoms with Gasteiger partial charge in [0, 0.05) is 6.42 Å². The van der Waals surface area contributed by atoms with Gasteiger partial charge in [-0.15, -0.1) is 0 Å². The molecule has 1 saturated carbocycles. The molecule has 1 fully saturated rings. The zero-order chi connectivity index (χ0) is 12.7. The number of hydrogen-bond acceptors (Lipinski definition) is 4. The minimum absolute atomic E-state index is 0.191. The molecule has 0 bridgehead atoms. The highest BCUT2D eigenvalue weighted by Crippen LogP contribution is 2.50. The summed E-state index contributed by atoms with van der Waals surface area (Å²) >= 11 is 1.66. The highest BCUT2D eigenvalue weighted by Gasteiger charge is 2.41. The van der Waals surface area contributed by atoms with Crippen LogP contribution in [-0.4, -0.2) is 35.0 Å². The van der Waals surface area contributed by atoms with Crippen molar-refractivity contribution < 1.29 is 14.7 Å². The fourth-order valence-corrected chi connectivity index (χ4v) is 2.94. The summed E-state index contributed by atoms with van der Waals surface area (Å²) in [7, 11) is 0. The largest absolute Gasteiger partial charge is 0.480 e. The lowest BCUT2D eigenvalue weighted by molar-refractivity contribution is -0.140. The Morgan fingerprint density at radius 3 is 2.82 bits per heavy atom. The highest BCUT2D eigenvalue weighted by molar-refractivity contribution is 7.99. The number of nitriles is 1. The van der Waals surface area contributed by atoms with Crippen LogP contribution in [0.4, 0.5) is 0 Å².